The summed E-state index contributed by atoms with van der Waals surface area (Å²) in [6, 6.07) is 4.24. The highest BCUT2D eigenvalue weighted by Crippen LogP contribution is 2.36. The Bertz CT molecular complexity index is 398. The van der Waals surface area contributed by atoms with Gasteiger partial charge in [0.15, 0.2) is 0 Å². The molecule has 1 fully saturated rings. The Morgan fingerprint density at radius 1 is 1.00 bits per heavy atom. The first-order valence-electron chi connectivity index (χ1n) is 6.80. The molecule has 0 amide bonds. The Balaban J connectivity index is 2.37. The molecule has 1 heterocycles. The van der Waals surface area contributed by atoms with Crippen molar-refractivity contribution >= 4 is 5.69 Å². The zero-order valence-corrected chi connectivity index (χ0v) is 11.7. The lowest BCUT2D eigenvalue weighted by molar-refractivity contribution is 0.397. The molecule has 0 aromatic heterocycles. The molecule has 0 spiro atoms. The molecular weight excluding hydrogens is 226 g/mol. The molecule has 0 bridgehead atoms. The summed E-state index contributed by atoms with van der Waals surface area (Å²) in [6.07, 6.45) is 4.82. The van der Waals surface area contributed by atoms with Crippen molar-refractivity contribution in [3.63, 3.8) is 0 Å². The zero-order chi connectivity index (χ0) is 13.0. The minimum Gasteiger partial charge on any atom is -0.496 e. The van der Waals surface area contributed by atoms with Gasteiger partial charge in [-0.1, -0.05) is 6.92 Å². The first-order chi connectivity index (χ1) is 8.80. The van der Waals surface area contributed by atoms with Gasteiger partial charge in [-0.3, -0.25) is 0 Å². The second kappa shape index (κ2) is 5.98. The average Bonchev–Trinajstić information content (AvgIpc) is 2.46. The summed E-state index contributed by atoms with van der Waals surface area (Å²) in [4.78, 5) is 2.41. The van der Waals surface area contributed by atoms with Crippen molar-refractivity contribution < 1.29 is 9.47 Å². The molecule has 2 rings (SSSR count). The van der Waals surface area contributed by atoms with E-state index in [0.717, 1.165) is 31.0 Å². The topological polar surface area (TPSA) is 21.7 Å². The van der Waals surface area contributed by atoms with Gasteiger partial charge in [-0.15, -0.1) is 0 Å². The van der Waals surface area contributed by atoms with E-state index in [2.05, 4.69) is 24.0 Å². The summed E-state index contributed by atoms with van der Waals surface area (Å²) in [5.74, 6) is 1.94. The van der Waals surface area contributed by atoms with E-state index in [1.165, 1.54) is 30.5 Å². The van der Waals surface area contributed by atoms with Gasteiger partial charge in [0.25, 0.3) is 0 Å². The van der Waals surface area contributed by atoms with Crippen LogP contribution >= 0.6 is 0 Å². The SMILES string of the molecule is CCc1cc(OC)c(N2CCCCC2)cc1OC. The fourth-order valence-electron chi connectivity index (χ4n) is 2.60. The van der Waals surface area contributed by atoms with Crippen molar-refractivity contribution in [3.05, 3.63) is 17.7 Å². The van der Waals surface area contributed by atoms with E-state index in [9.17, 15) is 0 Å². The van der Waals surface area contributed by atoms with E-state index < -0.39 is 0 Å². The third kappa shape index (κ3) is 2.55. The summed E-state index contributed by atoms with van der Waals surface area (Å²) in [5.41, 5.74) is 2.38. The van der Waals surface area contributed by atoms with Crippen LogP contribution in [0.2, 0.25) is 0 Å². The summed E-state index contributed by atoms with van der Waals surface area (Å²) in [5, 5.41) is 0. The monoisotopic (exact) mass is 249 g/mol. The van der Waals surface area contributed by atoms with Crippen molar-refractivity contribution in [2.45, 2.75) is 32.6 Å². The van der Waals surface area contributed by atoms with Gasteiger partial charge in [0, 0.05) is 19.2 Å². The highest BCUT2D eigenvalue weighted by molar-refractivity contribution is 5.64. The Hall–Kier alpha value is -1.38. The average molecular weight is 249 g/mol. The molecule has 0 saturated carbocycles. The van der Waals surface area contributed by atoms with Crippen LogP contribution in [0.5, 0.6) is 11.5 Å². The molecule has 0 N–H and O–H groups in total. The third-order valence-corrected chi connectivity index (χ3v) is 3.66. The number of hydrogen-bond donors (Lipinski definition) is 0. The molecule has 0 atom stereocenters. The van der Waals surface area contributed by atoms with E-state index in [1.807, 2.05) is 0 Å². The second-order valence-corrected chi connectivity index (χ2v) is 4.74. The highest BCUT2D eigenvalue weighted by Gasteiger charge is 2.17. The van der Waals surface area contributed by atoms with Gasteiger partial charge in [-0.05, 0) is 37.3 Å². The number of methoxy groups -OCH3 is 2. The maximum Gasteiger partial charge on any atom is 0.142 e. The van der Waals surface area contributed by atoms with Crippen molar-refractivity contribution in [3.8, 4) is 11.5 Å². The lowest BCUT2D eigenvalue weighted by Gasteiger charge is -2.30. The van der Waals surface area contributed by atoms with Crippen LogP contribution in [0, 0.1) is 0 Å². The van der Waals surface area contributed by atoms with E-state index >= 15 is 0 Å². The van der Waals surface area contributed by atoms with Crippen LogP contribution in [-0.2, 0) is 6.42 Å². The Morgan fingerprint density at radius 3 is 2.22 bits per heavy atom. The maximum atomic E-state index is 5.54. The van der Waals surface area contributed by atoms with Gasteiger partial charge >= 0.3 is 0 Å². The van der Waals surface area contributed by atoms with Crippen LogP contribution in [0.25, 0.3) is 0 Å². The van der Waals surface area contributed by atoms with Crippen LogP contribution in [0.3, 0.4) is 0 Å². The molecule has 1 aliphatic heterocycles. The molecule has 0 radical (unpaired) electrons. The van der Waals surface area contributed by atoms with Gasteiger partial charge < -0.3 is 14.4 Å². The molecule has 0 aliphatic carbocycles. The Labute approximate surface area is 110 Å². The molecule has 3 heteroatoms. The normalized spacial score (nSPS) is 15.6. The van der Waals surface area contributed by atoms with Crippen LogP contribution in [0.4, 0.5) is 5.69 Å². The smallest absolute Gasteiger partial charge is 0.142 e. The summed E-state index contributed by atoms with van der Waals surface area (Å²) < 4.78 is 11.0. The first kappa shape index (κ1) is 13.1. The summed E-state index contributed by atoms with van der Waals surface area (Å²) in [7, 11) is 3.48. The van der Waals surface area contributed by atoms with Crippen molar-refractivity contribution in [2.75, 3.05) is 32.2 Å². The minimum absolute atomic E-state index is 0.958. The van der Waals surface area contributed by atoms with Gasteiger partial charge in [-0.25, -0.2) is 0 Å². The number of piperidine rings is 1. The van der Waals surface area contributed by atoms with Crippen molar-refractivity contribution in [1.82, 2.24) is 0 Å². The Kier molecular flexibility index (Phi) is 4.34. The number of benzene rings is 1. The quantitative estimate of drug-likeness (QED) is 0.817. The number of aryl methyl sites for hydroxylation is 1. The number of rotatable bonds is 4. The Morgan fingerprint density at radius 2 is 1.67 bits per heavy atom. The molecule has 1 aromatic carbocycles. The van der Waals surface area contributed by atoms with Crippen LogP contribution in [0.15, 0.2) is 12.1 Å². The molecule has 3 nitrogen and oxygen atoms in total. The molecule has 1 aromatic rings. The molecular formula is C15H23NO2. The predicted molar refractivity (Wildman–Crippen MR) is 75.0 cm³/mol. The largest absolute Gasteiger partial charge is 0.496 e. The van der Waals surface area contributed by atoms with Gasteiger partial charge in [0.2, 0.25) is 0 Å². The fraction of sp³-hybridized carbons (Fsp3) is 0.600. The molecule has 18 heavy (non-hydrogen) atoms. The molecule has 1 aliphatic rings. The maximum absolute atomic E-state index is 5.54. The standard InChI is InChI=1S/C15H23NO2/c1-4-12-10-15(18-3)13(11-14(12)17-2)16-8-6-5-7-9-16/h10-11H,4-9H2,1-3H3. The van der Waals surface area contributed by atoms with Gasteiger partial charge in [0.1, 0.15) is 11.5 Å². The van der Waals surface area contributed by atoms with Crippen LogP contribution in [-0.4, -0.2) is 27.3 Å². The minimum atomic E-state index is 0.958. The molecule has 100 valence electrons. The van der Waals surface area contributed by atoms with E-state index in [0.29, 0.717) is 0 Å². The summed E-state index contributed by atoms with van der Waals surface area (Å²) in [6.45, 7) is 4.37. The number of anilines is 1. The number of hydrogen-bond acceptors (Lipinski definition) is 3. The van der Waals surface area contributed by atoms with Gasteiger partial charge in [0.05, 0.1) is 19.9 Å². The molecule has 1 saturated heterocycles. The van der Waals surface area contributed by atoms with E-state index in [4.69, 9.17) is 9.47 Å². The first-order valence-corrected chi connectivity index (χ1v) is 6.80. The highest BCUT2D eigenvalue weighted by atomic mass is 16.5. The van der Waals surface area contributed by atoms with Crippen molar-refractivity contribution in [1.29, 1.82) is 0 Å². The fourth-order valence-corrected chi connectivity index (χ4v) is 2.60. The lowest BCUT2D eigenvalue weighted by atomic mass is 10.1. The predicted octanol–water partition coefficient (Wildman–Crippen LogP) is 3.26. The lowest BCUT2D eigenvalue weighted by Crippen LogP contribution is -2.29. The summed E-state index contributed by atoms with van der Waals surface area (Å²) >= 11 is 0. The van der Waals surface area contributed by atoms with Crippen LogP contribution in [0.1, 0.15) is 31.7 Å². The number of nitrogens with zero attached hydrogens (tertiary/aromatic N) is 1. The van der Waals surface area contributed by atoms with Crippen molar-refractivity contribution in [2.24, 2.45) is 0 Å². The van der Waals surface area contributed by atoms with E-state index in [-0.39, 0.29) is 0 Å². The van der Waals surface area contributed by atoms with E-state index in [1.54, 1.807) is 14.2 Å². The third-order valence-electron chi connectivity index (χ3n) is 3.66. The zero-order valence-electron chi connectivity index (χ0n) is 11.7. The molecule has 0 unspecified atom stereocenters. The second-order valence-electron chi connectivity index (χ2n) is 4.74. The van der Waals surface area contributed by atoms with Gasteiger partial charge in [-0.2, -0.15) is 0 Å². The van der Waals surface area contributed by atoms with Crippen LogP contribution < -0.4 is 14.4 Å². The number of ether oxygens (including phenoxy) is 2.